The fourth-order valence-corrected chi connectivity index (χ4v) is 6.22. The van der Waals surface area contributed by atoms with Gasteiger partial charge in [-0.15, -0.1) is 0 Å². The highest BCUT2D eigenvalue weighted by molar-refractivity contribution is 7.80. The number of pyridine rings is 1. The van der Waals surface area contributed by atoms with Gasteiger partial charge in [0.15, 0.2) is 5.11 Å². The smallest absolute Gasteiger partial charge is 0.170 e. The van der Waals surface area contributed by atoms with Crippen molar-refractivity contribution in [2.45, 2.75) is 65.6 Å². The number of aryl methyl sites for hydroxylation is 4. The summed E-state index contributed by atoms with van der Waals surface area (Å²) in [5.74, 6) is 0. The Morgan fingerprint density at radius 1 is 1.09 bits per heavy atom. The fraction of sp³-hybridized carbons (Fsp3) is 0.429. The molecule has 0 bridgehead atoms. The molecule has 0 aliphatic carbocycles. The van der Waals surface area contributed by atoms with Gasteiger partial charge in [-0.3, -0.25) is 4.98 Å². The lowest BCUT2D eigenvalue weighted by Crippen LogP contribution is -2.36. The van der Waals surface area contributed by atoms with Crippen LogP contribution in [-0.2, 0) is 4.74 Å². The van der Waals surface area contributed by atoms with Crippen molar-refractivity contribution in [1.82, 2.24) is 19.8 Å². The summed E-state index contributed by atoms with van der Waals surface area (Å²) in [6, 6.07) is 13.0. The molecule has 34 heavy (non-hydrogen) atoms. The number of rotatable bonds is 5. The summed E-state index contributed by atoms with van der Waals surface area (Å²) in [6.45, 7) is 12.7. The molecule has 5 rings (SSSR count). The van der Waals surface area contributed by atoms with Crippen molar-refractivity contribution >= 4 is 17.3 Å². The quantitative estimate of drug-likeness (QED) is 0.490. The van der Waals surface area contributed by atoms with Crippen LogP contribution in [-0.4, -0.2) is 38.8 Å². The van der Waals surface area contributed by atoms with E-state index in [1.165, 1.54) is 39.3 Å². The zero-order chi connectivity index (χ0) is 24.0. The van der Waals surface area contributed by atoms with Crippen LogP contribution in [0.25, 0.3) is 5.69 Å². The van der Waals surface area contributed by atoms with Crippen LogP contribution in [0.2, 0.25) is 0 Å². The molecule has 5 nitrogen and oxygen atoms in total. The van der Waals surface area contributed by atoms with Crippen LogP contribution in [0.1, 0.15) is 64.3 Å². The zero-order valence-corrected chi connectivity index (χ0v) is 21.6. The number of hydrogen-bond donors (Lipinski definition) is 1. The SMILES string of the molecule is Cc1cc(C)c(-n2c(C)cc([C@H]3[C@H](c4ccccn4)NC(=S)N3C[C@@H]3CCCO3)c2C)c(C)c1. The van der Waals surface area contributed by atoms with Gasteiger partial charge in [0.2, 0.25) is 0 Å². The second-order valence-electron chi connectivity index (χ2n) is 9.82. The minimum absolute atomic E-state index is 0.00994. The van der Waals surface area contributed by atoms with Gasteiger partial charge in [0.25, 0.3) is 0 Å². The summed E-state index contributed by atoms with van der Waals surface area (Å²) in [6.07, 6.45) is 4.28. The van der Waals surface area contributed by atoms with Gasteiger partial charge >= 0.3 is 0 Å². The first-order valence-corrected chi connectivity index (χ1v) is 12.6. The van der Waals surface area contributed by atoms with E-state index < -0.39 is 0 Å². The third-order valence-corrected chi connectivity index (χ3v) is 7.62. The number of hydrogen-bond acceptors (Lipinski definition) is 3. The molecule has 3 atom stereocenters. The average molecular weight is 475 g/mol. The van der Waals surface area contributed by atoms with Crippen LogP contribution in [0.15, 0.2) is 42.6 Å². The van der Waals surface area contributed by atoms with Crippen LogP contribution < -0.4 is 5.32 Å². The molecule has 4 heterocycles. The van der Waals surface area contributed by atoms with E-state index in [1.54, 1.807) is 0 Å². The first kappa shape index (κ1) is 23.1. The number of nitrogens with one attached hydrogen (secondary N) is 1. The van der Waals surface area contributed by atoms with Crippen LogP contribution in [0.4, 0.5) is 0 Å². The molecule has 0 unspecified atom stereocenters. The van der Waals surface area contributed by atoms with E-state index in [0.29, 0.717) is 0 Å². The molecule has 2 aliphatic rings. The molecule has 2 fully saturated rings. The van der Waals surface area contributed by atoms with E-state index in [1.807, 2.05) is 12.3 Å². The number of nitrogens with zero attached hydrogens (tertiary/aromatic N) is 3. The van der Waals surface area contributed by atoms with Gasteiger partial charge in [0.05, 0.1) is 29.6 Å². The van der Waals surface area contributed by atoms with Gasteiger partial charge in [0.1, 0.15) is 0 Å². The molecule has 2 aliphatic heterocycles. The van der Waals surface area contributed by atoms with Crippen LogP contribution in [0.3, 0.4) is 0 Å². The third-order valence-electron chi connectivity index (χ3n) is 7.27. The predicted molar refractivity (Wildman–Crippen MR) is 141 cm³/mol. The molecule has 0 spiro atoms. The largest absolute Gasteiger partial charge is 0.376 e. The standard InChI is InChI=1S/C28H34N4OS/c1-17-13-18(2)26(19(3)14-17)32-20(4)15-23(21(32)5)27-25(24-10-6-7-11-29-24)30-28(34)31(27)16-22-9-8-12-33-22/h6-7,10-11,13-15,22,25,27H,8-9,12,16H2,1-5H3,(H,30,34)/t22-,25-,27-/m0/s1. The van der Waals surface area contributed by atoms with Crippen molar-refractivity contribution in [3.05, 3.63) is 81.9 Å². The Kier molecular flexibility index (Phi) is 6.21. The first-order valence-electron chi connectivity index (χ1n) is 12.2. The lowest BCUT2D eigenvalue weighted by molar-refractivity contribution is 0.0842. The van der Waals surface area contributed by atoms with E-state index in [4.69, 9.17) is 21.9 Å². The van der Waals surface area contributed by atoms with Crippen molar-refractivity contribution in [3.63, 3.8) is 0 Å². The van der Waals surface area contributed by atoms with Gasteiger partial charge < -0.3 is 19.5 Å². The minimum Gasteiger partial charge on any atom is -0.376 e. The molecule has 2 saturated heterocycles. The molecule has 0 radical (unpaired) electrons. The summed E-state index contributed by atoms with van der Waals surface area (Å²) in [4.78, 5) is 7.04. The lowest BCUT2D eigenvalue weighted by Gasteiger charge is -2.30. The van der Waals surface area contributed by atoms with Gasteiger partial charge in [0, 0.05) is 30.7 Å². The first-order chi connectivity index (χ1) is 16.3. The van der Waals surface area contributed by atoms with Gasteiger partial charge in [-0.05, 0) is 94.6 Å². The van der Waals surface area contributed by atoms with E-state index >= 15 is 0 Å². The monoisotopic (exact) mass is 474 g/mol. The normalized spacial score (nSPS) is 22.4. The number of thiocarbonyl (C=S) groups is 1. The lowest BCUT2D eigenvalue weighted by atomic mass is 9.96. The van der Waals surface area contributed by atoms with Crippen LogP contribution in [0.5, 0.6) is 0 Å². The Morgan fingerprint density at radius 2 is 1.85 bits per heavy atom. The molecule has 1 aromatic carbocycles. The van der Waals surface area contributed by atoms with Crippen LogP contribution in [0, 0.1) is 34.6 Å². The predicted octanol–water partition coefficient (Wildman–Crippen LogP) is 5.57. The molecule has 1 N–H and O–H groups in total. The molecule has 0 saturated carbocycles. The van der Waals surface area contributed by atoms with E-state index in [0.717, 1.165) is 36.8 Å². The van der Waals surface area contributed by atoms with Crippen molar-refractivity contribution in [2.24, 2.45) is 0 Å². The topological polar surface area (TPSA) is 42.3 Å². The second kappa shape index (κ2) is 9.16. The van der Waals surface area contributed by atoms with Gasteiger partial charge in [-0.2, -0.15) is 0 Å². The maximum absolute atomic E-state index is 6.01. The zero-order valence-electron chi connectivity index (χ0n) is 20.8. The molecule has 3 aromatic rings. The Morgan fingerprint density at radius 3 is 2.50 bits per heavy atom. The Hall–Kier alpha value is -2.70. The van der Waals surface area contributed by atoms with E-state index in [9.17, 15) is 0 Å². The van der Waals surface area contributed by atoms with Gasteiger partial charge in [-0.25, -0.2) is 0 Å². The Balaban J connectivity index is 1.62. The maximum atomic E-state index is 6.01. The summed E-state index contributed by atoms with van der Waals surface area (Å²) in [5, 5.41) is 4.38. The molecule has 6 heteroatoms. The van der Waals surface area contributed by atoms with E-state index in [2.05, 4.69) is 79.7 Å². The second-order valence-corrected chi connectivity index (χ2v) is 10.2. The Labute approximate surface area is 208 Å². The van der Waals surface area contributed by atoms with Crippen molar-refractivity contribution < 1.29 is 4.74 Å². The highest BCUT2D eigenvalue weighted by Gasteiger charge is 2.42. The van der Waals surface area contributed by atoms with Crippen LogP contribution >= 0.6 is 12.2 Å². The number of benzene rings is 1. The summed E-state index contributed by atoms with van der Waals surface area (Å²) in [7, 11) is 0. The summed E-state index contributed by atoms with van der Waals surface area (Å²) < 4.78 is 8.43. The third kappa shape index (κ3) is 4.03. The minimum atomic E-state index is -0.00994. The maximum Gasteiger partial charge on any atom is 0.170 e. The highest BCUT2D eigenvalue weighted by atomic mass is 32.1. The highest BCUT2D eigenvalue weighted by Crippen LogP contribution is 2.42. The van der Waals surface area contributed by atoms with Crippen molar-refractivity contribution in [3.8, 4) is 5.69 Å². The molecular weight excluding hydrogens is 440 g/mol. The van der Waals surface area contributed by atoms with Crippen molar-refractivity contribution in [1.29, 1.82) is 0 Å². The number of aromatic nitrogens is 2. The van der Waals surface area contributed by atoms with Crippen molar-refractivity contribution in [2.75, 3.05) is 13.2 Å². The van der Waals surface area contributed by atoms with Gasteiger partial charge in [-0.1, -0.05) is 23.8 Å². The molecule has 2 aromatic heterocycles. The van der Waals surface area contributed by atoms with E-state index in [-0.39, 0.29) is 18.2 Å². The Bertz CT molecular complexity index is 1190. The summed E-state index contributed by atoms with van der Waals surface area (Å²) in [5.41, 5.74) is 9.95. The molecule has 0 amide bonds. The fourth-order valence-electron chi connectivity index (χ4n) is 5.90. The average Bonchev–Trinajstić information content (AvgIpc) is 3.49. The molecular formula is C28H34N4OS. The summed E-state index contributed by atoms with van der Waals surface area (Å²) >= 11 is 5.89. The number of ether oxygens (including phenoxy) is 1. The molecule has 178 valence electrons.